The van der Waals surface area contributed by atoms with Crippen molar-refractivity contribution in [3.63, 3.8) is 0 Å². The van der Waals surface area contributed by atoms with Gasteiger partial charge < -0.3 is 9.90 Å². The van der Waals surface area contributed by atoms with Crippen LogP contribution in [0.3, 0.4) is 0 Å². The normalized spacial score (nSPS) is 12.4. The van der Waals surface area contributed by atoms with E-state index in [4.69, 9.17) is 5.11 Å². The number of aldehydes is 1. The van der Waals surface area contributed by atoms with Crippen LogP contribution in [0.2, 0.25) is 0 Å². The van der Waals surface area contributed by atoms with Gasteiger partial charge in [-0.2, -0.15) is 0 Å². The van der Waals surface area contributed by atoms with E-state index in [1.165, 1.54) is 0 Å². The molecule has 0 aromatic rings. The minimum Gasteiger partial charge on any atom is -0.481 e. The third-order valence-corrected chi connectivity index (χ3v) is 4.04. The standard InChI is InChI=1S/C8H14O3S2/c1-7(8(10)11)6-13-12-5-3-2-4-9/h4,7H,2-3,5-6H2,1H3,(H,10,11)/t7-/m1/s1. The molecule has 0 fully saturated rings. The quantitative estimate of drug-likeness (QED) is 0.387. The first kappa shape index (κ1) is 12.8. The van der Waals surface area contributed by atoms with Crippen molar-refractivity contribution in [1.29, 1.82) is 0 Å². The summed E-state index contributed by atoms with van der Waals surface area (Å²) in [6.45, 7) is 1.70. The molecule has 0 spiro atoms. The highest BCUT2D eigenvalue weighted by molar-refractivity contribution is 8.76. The van der Waals surface area contributed by atoms with E-state index in [9.17, 15) is 9.59 Å². The van der Waals surface area contributed by atoms with Gasteiger partial charge >= 0.3 is 5.97 Å². The summed E-state index contributed by atoms with van der Waals surface area (Å²) in [6.07, 6.45) is 2.38. The Morgan fingerprint density at radius 3 is 2.77 bits per heavy atom. The van der Waals surface area contributed by atoms with Crippen LogP contribution in [0.1, 0.15) is 19.8 Å². The second-order valence-corrected chi connectivity index (χ2v) is 5.28. The van der Waals surface area contributed by atoms with Gasteiger partial charge in [0, 0.05) is 17.9 Å². The number of carbonyl (C=O) groups is 2. The summed E-state index contributed by atoms with van der Waals surface area (Å²) >= 11 is 0. The number of hydrogen-bond donors (Lipinski definition) is 1. The minimum absolute atomic E-state index is 0.288. The Balaban J connectivity index is 3.15. The average Bonchev–Trinajstić information content (AvgIpc) is 2.10. The molecule has 13 heavy (non-hydrogen) atoms. The number of aliphatic carboxylic acids is 1. The number of rotatable bonds is 8. The fourth-order valence-corrected chi connectivity index (χ4v) is 2.96. The molecule has 0 amide bonds. The highest BCUT2D eigenvalue weighted by Gasteiger charge is 2.09. The number of carbonyl (C=O) groups excluding carboxylic acids is 1. The van der Waals surface area contributed by atoms with E-state index in [2.05, 4.69) is 0 Å². The molecule has 0 aliphatic rings. The molecule has 0 bridgehead atoms. The summed E-state index contributed by atoms with van der Waals surface area (Å²) in [7, 11) is 3.19. The van der Waals surface area contributed by atoms with Crippen molar-refractivity contribution in [3.05, 3.63) is 0 Å². The van der Waals surface area contributed by atoms with E-state index in [1.807, 2.05) is 0 Å². The number of unbranched alkanes of at least 4 members (excludes halogenated alkanes) is 1. The van der Waals surface area contributed by atoms with Gasteiger partial charge in [0.1, 0.15) is 6.29 Å². The topological polar surface area (TPSA) is 54.4 Å². The highest BCUT2D eigenvalue weighted by Crippen LogP contribution is 2.24. The maximum Gasteiger partial charge on any atom is 0.307 e. The van der Waals surface area contributed by atoms with Gasteiger partial charge in [0.25, 0.3) is 0 Å². The third-order valence-electron chi connectivity index (χ3n) is 1.37. The third kappa shape index (κ3) is 8.18. The maximum absolute atomic E-state index is 10.4. The molecule has 0 rings (SSSR count). The average molecular weight is 222 g/mol. The fraction of sp³-hybridized carbons (Fsp3) is 0.750. The predicted molar refractivity (Wildman–Crippen MR) is 57.0 cm³/mol. The van der Waals surface area contributed by atoms with E-state index in [0.29, 0.717) is 12.2 Å². The van der Waals surface area contributed by atoms with Crippen LogP contribution in [0.4, 0.5) is 0 Å². The highest BCUT2D eigenvalue weighted by atomic mass is 33.1. The van der Waals surface area contributed by atoms with Gasteiger partial charge in [-0.05, 0) is 6.42 Å². The van der Waals surface area contributed by atoms with Crippen LogP contribution in [0.15, 0.2) is 0 Å². The molecule has 5 heteroatoms. The molecular formula is C8H14O3S2. The second kappa shape index (κ2) is 8.44. The van der Waals surface area contributed by atoms with Crippen LogP contribution in [-0.4, -0.2) is 28.9 Å². The summed E-state index contributed by atoms with van der Waals surface area (Å²) < 4.78 is 0. The summed E-state index contributed by atoms with van der Waals surface area (Å²) in [4.78, 5) is 20.3. The van der Waals surface area contributed by atoms with Crippen molar-refractivity contribution in [2.45, 2.75) is 19.8 Å². The lowest BCUT2D eigenvalue weighted by atomic mass is 10.2. The first-order valence-corrected chi connectivity index (χ1v) is 6.58. The smallest absolute Gasteiger partial charge is 0.307 e. The molecule has 0 aliphatic carbocycles. The molecule has 0 aliphatic heterocycles. The van der Waals surface area contributed by atoms with Gasteiger partial charge in [0.05, 0.1) is 5.92 Å². The summed E-state index contributed by atoms with van der Waals surface area (Å²) in [5.41, 5.74) is 0. The Kier molecular flexibility index (Phi) is 8.33. The van der Waals surface area contributed by atoms with Crippen LogP contribution >= 0.6 is 21.6 Å². The molecule has 1 atom stereocenters. The van der Waals surface area contributed by atoms with Crippen LogP contribution in [-0.2, 0) is 9.59 Å². The first-order chi connectivity index (χ1) is 6.18. The molecule has 0 aromatic heterocycles. The Morgan fingerprint density at radius 1 is 1.54 bits per heavy atom. The van der Waals surface area contributed by atoms with Crippen LogP contribution in [0, 0.1) is 5.92 Å². The summed E-state index contributed by atoms with van der Waals surface area (Å²) in [5, 5.41) is 8.55. The molecular weight excluding hydrogens is 208 g/mol. The van der Waals surface area contributed by atoms with E-state index >= 15 is 0 Å². The van der Waals surface area contributed by atoms with Crippen molar-refractivity contribution in [3.8, 4) is 0 Å². The monoisotopic (exact) mass is 222 g/mol. The molecule has 0 saturated carbocycles. The number of carboxylic acids is 1. The molecule has 0 aromatic carbocycles. The van der Waals surface area contributed by atoms with Crippen molar-refractivity contribution in [2.75, 3.05) is 11.5 Å². The molecule has 0 heterocycles. The van der Waals surface area contributed by atoms with Crippen molar-refractivity contribution < 1.29 is 14.7 Å². The molecule has 0 saturated heterocycles. The lowest BCUT2D eigenvalue weighted by molar-refractivity contribution is -0.140. The molecule has 0 radical (unpaired) electrons. The zero-order valence-corrected chi connectivity index (χ0v) is 9.20. The molecule has 3 nitrogen and oxygen atoms in total. The van der Waals surface area contributed by atoms with Crippen molar-refractivity contribution in [1.82, 2.24) is 0 Å². The van der Waals surface area contributed by atoms with Crippen LogP contribution in [0.5, 0.6) is 0 Å². The SMILES string of the molecule is C[C@H](CSSCCCC=O)C(=O)O. The van der Waals surface area contributed by atoms with E-state index in [1.54, 1.807) is 28.5 Å². The van der Waals surface area contributed by atoms with Gasteiger partial charge in [-0.25, -0.2) is 0 Å². The Labute approximate surface area is 86.1 Å². The van der Waals surface area contributed by atoms with E-state index in [0.717, 1.165) is 18.5 Å². The van der Waals surface area contributed by atoms with Gasteiger partial charge in [-0.15, -0.1) is 0 Å². The summed E-state index contributed by atoms with van der Waals surface area (Å²) in [6, 6.07) is 0. The van der Waals surface area contributed by atoms with Gasteiger partial charge in [0.2, 0.25) is 0 Å². The lowest BCUT2D eigenvalue weighted by Gasteiger charge is -2.03. The fourth-order valence-electron chi connectivity index (χ4n) is 0.506. The zero-order valence-electron chi connectivity index (χ0n) is 7.56. The van der Waals surface area contributed by atoms with Gasteiger partial charge in [-0.3, -0.25) is 4.79 Å². The largest absolute Gasteiger partial charge is 0.481 e. The van der Waals surface area contributed by atoms with Crippen LogP contribution in [0.25, 0.3) is 0 Å². The van der Waals surface area contributed by atoms with Crippen LogP contribution < -0.4 is 0 Å². The minimum atomic E-state index is -0.749. The van der Waals surface area contributed by atoms with Gasteiger partial charge in [-0.1, -0.05) is 28.5 Å². The van der Waals surface area contributed by atoms with E-state index in [-0.39, 0.29) is 5.92 Å². The number of carboxylic acid groups (broad SMARTS) is 1. The summed E-state index contributed by atoms with van der Waals surface area (Å²) in [5.74, 6) is 0.501. The molecule has 76 valence electrons. The zero-order chi connectivity index (χ0) is 10.1. The maximum atomic E-state index is 10.4. The van der Waals surface area contributed by atoms with Gasteiger partial charge in [0.15, 0.2) is 0 Å². The number of hydrogen-bond acceptors (Lipinski definition) is 4. The molecule has 1 N–H and O–H groups in total. The van der Waals surface area contributed by atoms with Crippen molar-refractivity contribution in [2.24, 2.45) is 5.92 Å². The molecule has 0 unspecified atom stereocenters. The van der Waals surface area contributed by atoms with Crippen molar-refractivity contribution >= 4 is 33.8 Å². The second-order valence-electron chi connectivity index (χ2n) is 2.65. The predicted octanol–water partition coefficient (Wildman–Crippen LogP) is 2.07. The Hall–Kier alpha value is -0.160. The Bertz CT molecular complexity index is 161. The Morgan fingerprint density at radius 2 is 2.23 bits per heavy atom. The van der Waals surface area contributed by atoms with E-state index < -0.39 is 5.97 Å². The first-order valence-electron chi connectivity index (χ1n) is 4.09. The lowest BCUT2D eigenvalue weighted by Crippen LogP contribution is -2.11.